The van der Waals surface area contributed by atoms with Gasteiger partial charge in [-0.2, -0.15) is 0 Å². The predicted molar refractivity (Wildman–Crippen MR) is 266 cm³/mol. The topological polar surface area (TPSA) is 71.1 Å². The molecule has 0 heterocycles. The quantitative estimate of drug-likeness (QED) is 0.0482. The van der Waals surface area contributed by atoms with Crippen LogP contribution in [-0.4, -0.2) is 34.4 Å². The van der Waals surface area contributed by atoms with E-state index in [1.165, 1.54) is 103 Å². The molecule has 0 amide bonds. The van der Waals surface area contributed by atoms with Crippen LogP contribution in [0, 0.1) is 0 Å². The molecule has 0 aliphatic rings. The molecule has 0 aliphatic carbocycles. The van der Waals surface area contributed by atoms with E-state index in [0.29, 0.717) is 24.3 Å². The second-order valence-corrected chi connectivity index (χ2v) is 23.8. The molecule has 62 heavy (non-hydrogen) atoms. The molecule has 0 bridgehead atoms. The predicted octanol–water partition coefficient (Wildman–Crippen LogP) is 16.3. The molecule has 2 aromatic rings. The van der Waals surface area contributed by atoms with Gasteiger partial charge in [-0.15, -0.1) is 0 Å². The number of rotatable bonds is 28. The number of hydrogen-bond donors (Lipinski definition) is 0. The number of benzene rings is 2. The zero-order valence-corrected chi connectivity index (χ0v) is 44.0. The molecule has 6 nitrogen and oxygen atoms in total. The van der Waals surface area contributed by atoms with E-state index in [1.807, 2.05) is 24.3 Å². The lowest BCUT2D eigenvalue weighted by molar-refractivity contribution is 0.0488. The number of carbonyl (C=O) groups excluding carboxylic acids is 2. The van der Waals surface area contributed by atoms with E-state index in [9.17, 15) is 9.59 Å². The van der Waals surface area contributed by atoms with Crippen molar-refractivity contribution in [1.29, 1.82) is 0 Å². The van der Waals surface area contributed by atoms with Gasteiger partial charge in [0.15, 0.2) is 0 Å². The lowest BCUT2D eigenvalue weighted by Gasteiger charge is -2.34. The Labute approximate surface area is 383 Å². The smallest absolute Gasteiger partial charge is 0.441 e. The van der Waals surface area contributed by atoms with Crippen molar-refractivity contribution < 1.29 is 27.9 Å². The molecule has 354 valence electrons. The zero-order valence-electron chi connectivity index (χ0n) is 42.9. The summed E-state index contributed by atoms with van der Waals surface area (Å²) in [5.74, 6) is 1.02. The molecule has 0 radical (unpaired) electrons. The number of unbranched alkanes of at least 4 members (excludes halogenated alkanes) is 18. The number of hydrogen-bond acceptors (Lipinski definition) is 6. The molecule has 0 unspecified atom stereocenters. The van der Waals surface area contributed by atoms with Gasteiger partial charge in [0.05, 0.1) is 24.3 Å². The number of esters is 2. The van der Waals surface area contributed by atoms with Crippen molar-refractivity contribution in [1.82, 2.24) is 0 Å². The van der Waals surface area contributed by atoms with Gasteiger partial charge >= 0.3 is 21.2 Å². The summed E-state index contributed by atoms with van der Waals surface area (Å²) in [7, 11) is -2.45. The molecule has 0 aliphatic heterocycles. The summed E-state index contributed by atoms with van der Waals surface area (Å²) in [6.45, 7) is 33.4. The fraction of sp³-hybridized carbons (Fsp3) is 0.745. The van der Waals surface area contributed by atoms with Crippen molar-refractivity contribution in [3.63, 3.8) is 0 Å². The summed E-state index contributed by atoms with van der Waals surface area (Å²) < 4.78 is 25.9. The first-order valence-corrected chi connectivity index (χ1v) is 27.2. The Hall–Kier alpha value is -2.80. The highest BCUT2D eigenvalue weighted by Gasteiger charge is 2.34. The van der Waals surface area contributed by atoms with Crippen LogP contribution in [0.4, 0.5) is 0 Å². The fourth-order valence-corrected chi connectivity index (χ4v) is 9.23. The Morgan fingerprint density at radius 2 is 0.629 bits per heavy atom. The minimum atomic E-state index is -2.45. The Morgan fingerprint density at radius 3 is 0.855 bits per heavy atom. The van der Waals surface area contributed by atoms with Gasteiger partial charge in [0.2, 0.25) is 0 Å². The maximum atomic E-state index is 13.6. The van der Waals surface area contributed by atoms with Gasteiger partial charge in [-0.05, 0) is 87.6 Å². The van der Waals surface area contributed by atoms with Gasteiger partial charge < -0.3 is 18.3 Å². The van der Waals surface area contributed by atoms with Crippen LogP contribution in [0.1, 0.15) is 268 Å². The van der Waals surface area contributed by atoms with E-state index in [1.54, 1.807) is 0 Å². The lowest BCUT2D eigenvalue weighted by Crippen LogP contribution is -2.32. The highest BCUT2D eigenvalue weighted by atomic mass is 28.3. The van der Waals surface area contributed by atoms with E-state index < -0.39 is 9.28 Å². The molecule has 7 heteroatoms. The third-order valence-corrected chi connectivity index (χ3v) is 13.0. The van der Waals surface area contributed by atoms with Gasteiger partial charge in [0.1, 0.15) is 11.5 Å². The van der Waals surface area contributed by atoms with Gasteiger partial charge in [0.25, 0.3) is 0 Å². The molecule has 2 rings (SSSR count). The summed E-state index contributed by atoms with van der Waals surface area (Å²) in [6, 6.07) is 7.90. The van der Waals surface area contributed by atoms with Crippen LogP contribution in [0.2, 0.25) is 6.55 Å². The zero-order chi connectivity index (χ0) is 46.6. The normalized spacial score (nSPS) is 12.5. The summed E-state index contributed by atoms with van der Waals surface area (Å²) in [5.41, 5.74) is 3.71. The van der Waals surface area contributed by atoms with E-state index in [2.05, 4.69) is 103 Å². The second kappa shape index (κ2) is 26.9. The highest BCUT2D eigenvalue weighted by molar-refractivity contribution is 6.44. The molecule has 0 saturated heterocycles. The summed E-state index contributed by atoms with van der Waals surface area (Å²) in [5, 5.41) is 0. The van der Waals surface area contributed by atoms with Gasteiger partial charge in [-0.25, -0.2) is 9.59 Å². The average Bonchev–Trinajstić information content (AvgIpc) is 3.17. The van der Waals surface area contributed by atoms with Crippen LogP contribution in [0.25, 0.3) is 0 Å². The van der Waals surface area contributed by atoms with Crippen LogP contribution in [-0.2, 0) is 31.1 Å². The number of ether oxygens (including phenoxy) is 2. The molecule has 0 aromatic heterocycles. The molecule has 0 fully saturated rings. The lowest BCUT2D eigenvalue weighted by atomic mass is 9.78. The largest absolute Gasteiger partial charge is 0.514 e. The average molecular weight is 879 g/mol. The Bertz CT molecular complexity index is 1430. The van der Waals surface area contributed by atoms with Crippen molar-refractivity contribution >= 4 is 21.2 Å². The standard InChI is InChI=1S/C55H94O6Si/c1-16-18-20-22-24-26-28-30-32-34-36-58-50(56)42-38-44(52(3,4)5)48(45(39-42)53(6,7)8)60-62(15)61-49-46(54(9,10)11)40-43(41-47(49)55(12,13)14)51(57)59-37-35-33-31-29-27-25-23-21-19-17-2/h38-41,62H,16-37H2,1-15H3. The molecule has 0 spiro atoms. The Morgan fingerprint density at radius 1 is 0.403 bits per heavy atom. The first-order valence-electron chi connectivity index (χ1n) is 25.1. The van der Waals surface area contributed by atoms with Gasteiger partial charge in [-0.1, -0.05) is 213 Å². The van der Waals surface area contributed by atoms with Gasteiger partial charge in [0, 0.05) is 0 Å². The number of carbonyl (C=O) groups is 2. The third kappa shape index (κ3) is 19.9. The second-order valence-electron chi connectivity index (χ2n) is 22.2. The van der Waals surface area contributed by atoms with Crippen molar-refractivity contribution in [3.05, 3.63) is 57.6 Å². The minimum Gasteiger partial charge on any atom is -0.514 e. The SMILES string of the molecule is CCCCCCCCCCCCOC(=O)c1cc(C(C)(C)C)c(O[SiH](C)Oc2c(C(C)(C)C)cc(C(=O)OCCCCCCCCCCCC)cc2C(C)(C)C)c(C(C)(C)C)c1. The Balaban J connectivity index is 2.28. The molecular formula is C55H94O6Si. The van der Waals surface area contributed by atoms with E-state index in [4.69, 9.17) is 18.3 Å². The van der Waals surface area contributed by atoms with Crippen LogP contribution >= 0.6 is 0 Å². The van der Waals surface area contributed by atoms with Crippen LogP contribution < -0.4 is 8.85 Å². The minimum absolute atomic E-state index is 0.281. The molecule has 0 N–H and O–H groups in total. The third-order valence-electron chi connectivity index (χ3n) is 11.9. The first kappa shape index (κ1) is 55.3. The van der Waals surface area contributed by atoms with Crippen molar-refractivity contribution in [2.75, 3.05) is 13.2 Å². The maximum Gasteiger partial charge on any atom is 0.441 e. The summed E-state index contributed by atoms with van der Waals surface area (Å²) in [4.78, 5) is 27.2. The first-order chi connectivity index (χ1) is 29.0. The monoisotopic (exact) mass is 879 g/mol. The molecular weight excluding hydrogens is 785 g/mol. The van der Waals surface area contributed by atoms with Crippen molar-refractivity contribution in [3.8, 4) is 11.5 Å². The maximum absolute atomic E-state index is 13.6. The fourth-order valence-electron chi connectivity index (χ4n) is 8.01. The highest BCUT2D eigenvalue weighted by Crippen LogP contribution is 2.44. The van der Waals surface area contributed by atoms with Crippen LogP contribution in [0.15, 0.2) is 24.3 Å². The van der Waals surface area contributed by atoms with E-state index >= 15 is 0 Å². The molecule has 0 atom stereocenters. The van der Waals surface area contributed by atoms with Crippen LogP contribution in [0.5, 0.6) is 11.5 Å². The van der Waals surface area contributed by atoms with Crippen molar-refractivity contribution in [2.45, 2.75) is 254 Å². The Kier molecular flexibility index (Phi) is 24.0. The summed E-state index contributed by atoms with van der Waals surface area (Å²) in [6.07, 6.45) is 24.7. The van der Waals surface area contributed by atoms with Crippen molar-refractivity contribution in [2.24, 2.45) is 0 Å². The van der Waals surface area contributed by atoms with Gasteiger partial charge in [-0.3, -0.25) is 0 Å². The van der Waals surface area contributed by atoms with E-state index in [-0.39, 0.29) is 33.6 Å². The molecule has 2 aromatic carbocycles. The summed E-state index contributed by atoms with van der Waals surface area (Å²) >= 11 is 0. The van der Waals surface area contributed by atoms with Crippen LogP contribution in [0.3, 0.4) is 0 Å². The van der Waals surface area contributed by atoms with E-state index in [0.717, 1.165) is 59.4 Å². The molecule has 0 saturated carbocycles.